The second-order valence-electron chi connectivity index (χ2n) is 4.03. The van der Waals surface area contributed by atoms with Gasteiger partial charge in [0.25, 0.3) is 0 Å². The van der Waals surface area contributed by atoms with Crippen LogP contribution in [0.15, 0.2) is 24.4 Å². The van der Waals surface area contributed by atoms with Crippen LogP contribution in [0.2, 0.25) is 10.0 Å². The van der Waals surface area contributed by atoms with Crippen molar-refractivity contribution in [3.63, 3.8) is 0 Å². The monoisotopic (exact) mass is 343 g/mol. The lowest BCUT2D eigenvalue weighted by molar-refractivity contribution is -0.117. The number of nitrogens with zero attached hydrogens (tertiary/aromatic N) is 3. The third kappa shape index (κ3) is 4.09. The molecular weight excluding hydrogens is 333 g/mol. The van der Waals surface area contributed by atoms with Crippen molar-refractivity contribution in [2.75, 3.05) is 17.7 Å². The Morgan fingerprint density at radius 3 is 2.82 bits per heavy atom. The molecule has 2 amide bonds. The average Bonchev–Trinajstić information content (AvgIpc) is 2.90. The van der Waals surface area contributed by atoms with Crippen molar-refractivity contribution in [1.82, 2.24) is 15.0 Å². The minimum atomic E-state index is -0.679. The Morgan fingerprint density at radius 2 is 2.09 bits per heavy atom. The molecule has 116 valence electrons. The van der Waals surface area contributed by atoms with E-state index in [1.165, 1.54) is 13.3 Å². The molecule has 2 rings (SSSR count). The van der Waals surface area contributed by atoms with Gasteiger partial charge in [0.05, 0.1) is 29.0 Å². The van der Waals surface area contributed by atoms with E-state index in [9.17, 15) is 9.59 Å². The summed E-state index contributed by atoms with van der Waals surface area (Å²) < 4.78 is 4.41. The minimum Gasteiger partial charge on any atom is -0.453 e. The predicted octanol–water partition coefficient (Wildman–Crippen LogP) is 2.40. The van der Waals surface area contributed by atoms with Gasteiger partial charge in [-0.05, 0) is 12.1 Å². The zero-order valence-electron chi connectivity index (χ0n) is 11.3. The molecule has 0 radical (unpaired) electrons. The Morgan fingerprint density at radius 1 is 1.32 bits per heavy atom. The van der Waals surface area contributed by atoms with Crippen molar-refractivity contribution in [2.45, 2.75) is 6.54 Å². The van der Waals surface area contributed by atoms with Gasteiger partial charge in [0.15, 0.2) is 5.82 Å². The van der Waals surface area contributed by atoms with E-state index < -0.39 is 12.0 Å². The third-order valence-corrected chi connectivity index (χ3v) is 3.28. The fourth-order valence-corrected chi connectivity index (χ4v) is 1.85. The topological polar surface area (TPSA) is 98.1 Å². The number of carbonyl (C=O) groups excluding carboxylic acids is 2. The molecule has 1 aromatic heterocycles. The molecule has 0 aliphatic rings. The van der Waals surface area contributed by atoms with Crippen LogP contribution < -0.4 is 10.6 Å². The second kappa shape index (κ2) is 7.10. The largest absolute Gasteiger partial charge is 0.453 e. The van der Waals surface area contributed by atoms with E-state index in [-0.39, 0.29) is 17.4 Å². The molecule has 22 heavy (non-hydrogen) atoms. The fourth-order valence-electron chi connectivity index (χ4n) is 1.50. The van der Waals surface area contributed by atoms with Crippen LogP contribution in [-0.2, 0) is 16.1 Å². The van der Waals surface area contributed by atoms with Crippen molar-refractivity contribution >= 4 is 46.7 Å². The Hall–Kier alpha value is -2.32. The normalized spacial score (nSPS) is 10.1. The van der Waals surface area contributed by atoms with Gasteiger partial charge in [-0.2, -0.15) is 9.90 Å². The maximum Gasteiger partial charge on any atom is 0.412 e. The van der Waals surface area contributed by atoms with Crippen LogP contribution in [-0.4, -0.2) is 34.1 Å². The third-order valence-electron chi connectivity index (χ3n) is 2.46. The molecule has 0 fully saturated rings. The Balaban J connectivity index is 1.97. The Labute approximate surface area is 135 Å². The van der Waals surface area contributed by atoms with Gasteiger partial charge < -0.3 is 10.1 Å². The molecule has 8 nitrogen and oxygen atoms in total. The molecule has 1 heterocycles. The van der Waals surface area contributed by atoms with Crippen LogP contribution in [0.1, 0.15) is 0 Å². The van der Waals surface area contributed by atoms with E-state index in [2.05, 4.69) is 25.6 Å². The first-order valence-electron chi connectivity index (χ1n) is 5.98. The van der Waals surface area contributed by atoms with E-state index in [1.807, 2.05) is 0 Å². The predicted molar refractivity (Wildman–Crippen MR) is 81.1 cm³/mol. The highest BCUT2D eigenvalue weighted by Gasteiger charge is 2.11. The number of carbonyl (C=O) groups is 2. The summed E-state index contributed by atoms with van der Waals surface area (Å²) >= 11 is 11.8. The summed E-state index contributed by atoms with van der Waals surface area (Å²) in [7, 11) is 1.22. The minimum absolute atomic E-state index is 0.161. The summed E-state index contributed by atoms with van der Waals surface area (Å²) in [5, 5.41) is 13.2. The summed E-state index contributed by atoms with van der Waals surface area (Å²) in [5.41, 5.74) is 0.388. The van der Waals surface area contributed by atoms with Crippen LogP contribution in [0.5, 0.6) is 0 Å². The summed E-state index contributed by atoms with van der Waals surface area (Å²) in [6.07, 6.45) is 0.610. The lowest BCUT2D eigenvalue weighted by Gasteiger charge is -2.07. The number of nitrogens with one attached hydrogen (secondary N) is 2. The van der Waals surface area contributed by atoms with Crippen molar-refractivity contribution in [3.8, 4) is 0 Å². The SMILES string of the molecule is COC(=O)Nc1cnn(CC(=O)Nc2cccc(Cl)c2Cl)n1. The maximum atomic E-state index is 11.9. The first kappa shape index (κ1) is 16.1. The zero-order chi connectivity index (χ0) is 16.1. The van der Waals surface area contributed by atoms with Crippen molar-refractivity contribution < 1.29 is 14.3 Å². The quantitative estimate of drug-likeness (QED) is 0.888. The van der Waals surface area contributed by atoms with Crippen molar-refractivity contribution in [2.24, 2.45) is 0 Å². The van der Waals surface area contributed by atoms with Gasteiger partial charge in [-0.1, -0.05) is 29.3 Å². The molecule has 10 heteroatoms. The number of hydrogen-bond donors (Lipinski definition) is 2. The first-order chi connectivity index (χ1) is 10.5. The number of aromatic nitrogens is 3. The number of halogens is 2. The van der Waals surface area contributed by atoms with Gasteiger partial charge in [0.1, 0.15) is 6.54 Å². The molecule has 0 aliphatic carbocycles. The highest BCUT2D eigenvalue weighted by molar-refractivity contribution is 6.43. The number of hydrogen-bond acceptors (Lipinski definition) is 5. The molecule has 2 N–H and O–H groups in total. The van der Waals surface area contributed by atoms with E-state index in [1.54, 1.807) is 18.2 Å². The fraction of sp³-hybridized carbons (Fsp3) is 0.167. The van der Waals surface area contributed by atoms with E-state index in [0.29, 0.717) is 10.7 Å². The number of methoxy groups -OCH3 is 1. The van der Waals surface area contributed by atoms with Crippen molar-refractivity contribution in [3.05, 3.63) is 34.4 Å². The molecule has 0 bridgehead atoms. The molecule has 0 aliphatic heterocycles. The zero-order valence-corrected chi connectivity index (χ0v) is 12.9. The molecule has 2 aromatic rings. The number of amides is 2. The van der Waals surface area contributed by atoms with Crippen LogP contribution in [0.4, 0.5) is 16.3 Å². The van der Waals surface area contributed by atoms with E-state index in [0.717, 1.165) is 4.80 Å². The molecular formula is C12H11Cl2N5O3. The van der Waals surface area contributed by atoms with Gasteiger partial charge in [-0.15, -0.1) is 5.10 Å². The number of rotatable bonds is 4. The average molecular weight is 344 g/mol. The Kier molecular flexibility index (Phi) is 5.18. The number of ether oxygens (including phenoxy) is 1. The van der Waals surface area contributed by atoms with E-state index >= 15 is 0 Å². The molecule has 0 atom stereocenters. The molecule has 0 unspecified atom stereocenters. The summed E-state index contributed by atoms with van der Waals surface area (Å²) in [6, 6.07) is 4.89. The van der Waals surface area contributed by atoms with Crippen LogP contribution in [0, 0.1) is 0 Å². The van der Waals surface area contributed by atoms with E-state index in [4.69, 9.17) is 23.2 Å². The van der Waals surface area contributed by atoms with Gasteiger partial charge in [-0.3, -0.25) is 10.1 Å². The molecule has 0 saturated heterocycles. The smallest absolute Gasteiger partial charge is 0.412 e. The highest BCUT2D eigenvalue weighted by atomic mass is 35.5. The lowest BCUT2D eigenvalue weighted by atomic mass is 10.3. The van der Waals surface area contributed by atoms with Crippen LogP contribution in [0.3, 0.4) is 0 Å². The van der Waals surface area contributed by atoms with Gasteiger partial charge in [0, 0.05) is 0 Å². The molecule has 0 spiro atoms. The second-order valence-corrected chi connectivity index (χ2v) is 4.81. The summed E-state index contributed by atoms with van der Waals surface area (Å²) in [5.74, 6) is -0.232. The Bertz CT molecular complexity index is 704. The maximum absolute atomic E-state index is 11.9. The van der Waals surface area contributed by atoms with Gasteiger partial charge in [0.2, 0.25) is 5.91 Å². The summed E-state index contributed by atoms with van der Waals surface area (Å²) in [4.78, 5) is 24.0. The number of benzene rings is 1. The standard InChI is InChI=1S/C12H11Cl2N5O3/c1-22-12(21)17-9-5-15-19(18-9)6-10(20)16-8-4-2-3-7(13)11(8)14/h2-5H,6H2,1H3,(H,16,20)(H,17,18,21). The lowest BCUT2D eigenvalue weighted by Crippen LogP contribution is -2.21. The summed E-state index contributed by atoms with van der Waals surface area (Å²) in [6.45, 7) is -0.161. The van der Waals surface area contributed by atoms with Crippen LogP contribution >= 0.6 is 23.2 Å². The highest BCUT2D eigenvalue weighted by Crippen LogP contribution is 2.29. The molecule has 0 saturated carbocycles. The first-order valence-corrected chi connectivity index (χ1v) is 6.74. The van der Waals surface area contributed by atoms with Gasteiger partial charge >= 0.3 is 6.09 Å². The van der Waals surface area contributed by atoms with Gasteiger partial charge in [-0.25, -0.2) is 4.79 Å². The number of anilines is 2. The van der Waals surface area contributed by atoms with Crippen LogP contribution in [0.25, 0.3) is 0 Å². The molecule has 1 aromatic carbocycles. The van der Waals surface area contributed by atoms with Crippen molar-refractivity contribution in [1.29, 1.82) is 0 Å².